The molecule has 0 spiro atoms. The Morgan fingerprint density at radius 1 is 1.00 bits per heavy atom. The van der Waals surface area contributed by atoms with Crippen LogP contribution in [-0.2, 0) is 6.42 Å². The van der Waals surface area contributed by atoms with E-state index in [9.17, 15) is 0 Å². The van der Waals surface area contributed by atoms with Crippen LogP contribution >= 0.6 is 12.4 Å². The van der Waals surface area contributed by atoms with Crippen LogP contribution in [0, 0.1) is 0 Å². The Morgan fingerprint density at radius 2 is 1.59 bits per heavy atom. The van der Waals surface area contributed by atoms with Crippen LogP contribution in [0.1, 0.15) is 57.4 Å². The third-order valence-electron chi connectivity index (χ3n) is 3.67. The van der Waals surface area contributed by atoms with Gasteiger partial charge in [0.1, 0.15) is 5.75 Å². The van der Waals surface area contributed by atoms with Gasteiger partial charge in [0, 0.05) is 6.04 Å². The zero-order chi connectivity index (χ0) is 15.3. The van der Waals surface area contributed by atoms with Gasteiger partial charge in [-0.05, 0) is 30.5 Å². The molecule has 1 rings (SSSR count). The van der Waals surface area contributed by atoms with E-state index in [-0.39, 0.29) is 25.1 Å². The van der Waals surface area contributed by atoms with Crippen molar-refractivity contribution in [2.45, 2.75) is 64.3 Å². The molecular weight excluding hydrogens is 298 g/mol. The predicted molar refractivity (Wildman–Crippen MR) is 95.9 cm³/mol. The van der Waals surface area contributed by atoms with E-state index in [1.54, 1.807) is 0 Å². The molecule has 1 aromatic carbocycles. The number of aliphatic hydroxyl groups is 1. The Balaban J connectivity index is 0.00000441. The van der Waals surface area contributed by atoms with Crippen LogP contribution in [0.25, 0.3) is 0 Å². The summed E-state index contributed by atoms with van der Waals surface area (Å²) in [4.78, 5) is 0. The molecule has 1 unspecified atom stereocenters. The highest BCUT2D eigenvalue weighted by Crippen LogP contribution is 2.14. The number of rotatable bonds is 12. The molecule has 22 heavy (non-hydrogen) atoms. The van der Waals surface area contributed by atoms with E-state index in [2.05, 4.69) is 6.92 Å². The van der Waals surface area contributed by atoms with E-state index in [0.29, 0.717) is 6.42 Å². The Bertz CT molecular complexity index is 357. The molecule has 0 amide bonds. The summed E-state index contributed by atoms with van der Waals surface area (Å²) < 4.78 is 5.74. The molecule has 0 fully saturated rings. The lowest BCUT2D eigenvalue weighted by Crippen LogP contribution is -2.26. The first kappa shape index (κ1) is 21.2. The van der Waals surface area contributed by atoms with E-state index >= 15 is 0 Å². The molecular formula is C18H32ClNO2. The molecule has 4 heteroatoms. The van der Waals surface area contributed by atoms with Crippen molar-refractivity contribution in [1.82, 2.24) is 0 Å². The lowest BCUT2D eigenvalue weighted by molar-refractivity contribution is 0.265. The summed E-state index contributed by atoms with van der Waals surface area (Å²) in [5.74, 6) is 0.919. The molecule has 3 nitrogen and oxygen atoms in total. The Hall–Kier alpha value is -0.770. The fraction of sp³-hybridized carbons (Fsp3) is 0.667. The highest BCUT2D eigenvalue weighted by Gasteiger charge is 2.02. The van der Waals surface area contributed by atoms with Gasteiger partial charge in [0.25, 0.3) is 0 Å². The smallest absolute Gasteiger partial charge is 0.119 e. The van der Waals surface area contributed by atoms with Crippen LogP contribution in [0.2, 0.25) is 0 Å². The molecule has 0 aliphatic carbocycles. The van der Waals surface area contributed by atoms with Crippen molar-refractivity contribution in [2.75, 3.05) is 13.2 Å². The lowest BCUT2D eigenvalue weighted by atomic mass is 10.1. The molecule has 0 radical (unpaired) electrons. The summed E-state index contributed by atoms with van der Waals surface area (Å²) >= 11 is 0. The molecule has 128 valence electrons. The largest absolute Gasteiger partial charge is 0.494 e. The van der Waals surface area contributed by atoms with Crippen molar-refractivity contribution in [3.8, 4) is 5.75 Å². The molecule has 1 aromatic rings. The minimum absolute atomic E-state index is 0. The second kappa shape index (κ2) is 13.9. The maximum absolute atomic E-state index is 8.94. The number of benzene rings is 1. The van der Waals surface area contributed by atoms with Gasteiger partial charge in [-0.3, -0.25) is 0 Å². The normalized spacial score (nSPS) is 11.8. The first-order valence-corrected chi connectivity index (χ1v) is 8.34. The maximum Gasteiger partial charge on any atom is 0.119 e. The van der Waals surface area contributed by atoms with Crippen LogP contribution in [0.5, 0.6) is 5.75 Å². The quantitative estimate of drug-likeness (QED) is 0.568. The van der Waals surface area contributed by atoms with Crippen molar-refractivity contribution >= 4 is 12.4 Å². The minimum atomic E-state index is -0.176. The fourth-order valence-electron chi connectivity index (χ4n) is 2.34. The summed E-state index contributed by atoms with van der Waals surface area (Å²) in [6, 6.07) is 7.84. The van der Waals surface area contributed by atoms with Crippen molar-refractivity contribution < 1.29 is 9.84 Å². The SMILES string of the molecule is CCCCCCCCCOc1ccc(CC(N)CO)cc1.Cl. The summed E-state index contributed by atoms with van der Waals surface area (Å²) in [6.45, 7) is 3.07. The average molecular weight is 330 g/mol. The number of hydrogen-bond acceptors (Lipinski definition) is 3. The molecule has 0 saturated heterocycles. The Labute approximate surface area is 141 Å². The molecule has 0 aliphatic rings. The maximum atomic E-state index is 8.94. The van der Waals surface area contributed by atoms with Crippen LogP contribution in [0.4, 0.5) is 0 Å². The van der Waals surface area contributed by atoms with Crippen LogP contribution < -0.4 is 10.5 Å². The van der Waals surface area contributed by atoms with Gasteiger partial charge in [0.2, 0.25) is 0 Å². The van der Waals surface area contributed by atoms with Crippen LogP contribution in [0.15, 0.2) is 24.3 Å². The summed E-state index contributed by atoms with van der Waals surface area (Å²) in [5, 5.41) is 8.94. The molecule has 3 N–H and O–H groups in total. The molecule has 0 aromatic heterocycles. The van der Waals surface area contributed by atoms with Gasteiger partial charge in [0.15, 0.2) is 0 Å². The fourth-order valence-corrected chi connectivity index (χ4v) is 2.34. The second-order valence-electron chi connectivity index (χ2n) is 5.76. The zero-order valence-electron chi connectivity index (χ0n) is 13.8. The first-order chi connectivity index (χ1) is 10.3. The average Bonchev–Trinajstić information content (AvgIpc) is 2.51. The van der Waals surface area contributed by atoms with Gasteiger partial charge in [-0.15, -0.1) is 12.4 Å². The van der Waals surface area contributed by atoms with E-state index in [0.717, 1.165) is 24.3 Å². The topological polar surface area (TPSA) is 55.5 Å². The van der Waals surface area contributed by atoms with Gasteiger partial charge in [-0.25, -0.2) is 0 Å². The van der Waals surface area contributed by atoms with Gasteiger partial charge in [-0.2, -0.15) is 0 Å². The molecule has 0 saturated carbocycles. The van der Waals surface area contributed by atoms with Gasteiger partial charge < -0.3 is 15.6 Å². The van der Waals surface area contributed by atoms with Gasteiger partial charge in [0.05, 0.1) is 13.2 Å². The summed E-state index contributed by atoms with van der Waals surface area (Å²) in [6.07, 6.45) is 9.81. The monoisotopic (exact) mass is 329 g/mol. The molecule has 0 heterocycles. The van der Waals surface area contributed by atoms with Crippen molar-refractivity contribution in [3.05, 3.63) is 29.8 Å². The molecule has 0 aliphatic heterocycles. The number of aliphatic hydroxyl groups excluding tert-OH is 1. The number of halogens is 1. The van der Waals surface area contributed by atoms with Crippen molar-refractivity contribution in [1.29, 1.82) is 0 Å². The highest BCUT2D eigenvalue weighted by atomic mass is 35.5. The zero-order valence-corrected chi connectivity index (χ0v) is 14.6. The number of unbranched alkanes of at least 4 members (excludes halogenated alkanes) is 6. The van der Waals surface area contributed by atoms with Crippen molar-refractivity contribution in [2.24, 2.45) is 5.73 Å². The number of hydrogen-bond donors (Lipinski definition) is 2. The standard InChI is InChI=1S/C18H31NO2.ClH/c1-2-3-4-5-6-7-8-13-21-18-11-9-16(10-12-18)14-17(19)15-20;/h9-12,17,20H,2-8,13-15,19H2,1H3;1H. The van der Waals surface area contributed by atoms with Crippen LogP contribution in [-0.4, -0.2) is 24.4 Å². The highest BCUT2D eigenvalue weighted by molar-refractivity contribution is 5.85. The Morgan fingerprint density at radius 3 is 2.18 bits per heavy atom. The second-order valence-corrected chi connectivity index (χ2v) is 5.76. The van der Waals surface area contributed by atoms with Gasteiger partial charge >= 0.3 is 0 Å². The van der Waals surface area contributed by atoms with E-state index in [4.69, 9.17) is 15.6 Å². The lowest BCUT2D eigenvalue weighted by Gasteiger charge is -2.10. The molecule has 0 bridgehead atoms. The van der Waals surface area contributed by atoms with Crippen LogP contribution in [0.3, 0.4) is 0 Å². The number of nitrogens with two attached hydrogens (primary N) is 1. The molecule has 1 atom stereocenters. The third kappa shape index (κ3) is 10.0. The number of ether oxygens (including phenoxy) is 1. The first-order valence-electron chi connectivity index (χ1n) is 8.34. The van der Waals surface area contributed by atoms with E-state index < -0.39 is 0 Å². The third-order valence-corrected chi connectivity index (χ3v) is 3.67. The van der Waals surface area contributed by atoms with E-state index in [1.165, 1.54) is 38.5 Å². The van der Waals surface area contributed by atoms with E-state index in [1.807, 2.05) is 24.3 Å². The summed E-state index contributed by atoms with van der Waals surface area (Å²) in [7, 11) is 0. The predicted octanol–water partition coefficient (Wildman–Crippen LogP) is 4.10. The Kier molecular flexibility index (Phi) is 13.4. The van der Waals surface area contributed by atoms with Gasteiger partial charge in [-0.1, -0.05) is 57.6 Å². The minimum Gasteiger partial charge on any atom is -0.494 e. The summed E-state index contributed by atoms with van der Waals surface area (Å²) in [5.41, 5.74) is 6.86. The van der Waals surface area contributed by atoms with Crippen molar-refractivity contribution in [3.63, 3.8) is 0 Å².